The summed E-state index contributed by atoms with van der Waals surface area (Å²) in [6, 6.07) is 9.26. The highest BCUT2D eigenvalue weighted by atomic mass is 32.2. The molecule has 3 unspecified atom stereocenters. The smallest absolute Gasteiger partial charge is 0.0726 e. The van der Waals surface area contributed by atoms with Gasteiger partial charge in [0, 0.05) is 29.3 Å². The Hall–Kier alpha value is -0.510. The second-order valence-electron chi connectivity index (χ2n) is 5.30. The number of ether oxygens (including phenoxy) is 1. The van der Waals surface area contributed by atoms with Crippen molar-refractivity contribution in [2.75, 3.05) is 13.2 Å². The predicted octanol–water partition coefficient (Wildman–Crippen LogP) is 2.86. The van der Waals surface area contributed by atoms with Crippen molar-refractivity contribution in [3.63, 3.8) is 0 Å². The monoisotopic (exact) mass is 263 g/mol. The SMILES string of the molecule is CC(NCC1Cc2ccccc2S1)C1CCCO1. The van der Waals surface area contributed by atoms with Gasteiger partial charge in [-0.2, -0.15) is 0 Å². The molecule has 0 bridgehead atoms. The van der Waals surface area contributed by atoms with Gasteiger partial charge in [0.2, 0.25) is 0 Å². The largest absolute Gasteiger partial charge is 0.377 e. The van der Waals surface area contributed by atoms with Crippen LogP contribution in [0.4, 0.5) is 0 Å². The molecule has 0 spiro atoms. The van der Waals surface area contributed by atoms with Gasteiger partial charge in [0.25, 0.3) is 0 Å². The van der Waals surface area contributed by atoms with Gasteiger partial charge >= 0.3 is 0 Å². The molecule has 3 atom stereocenters. The first kappa shape index (κ1) is 12.5. The Labute approximate surface area is 113 Å². The van der Waals surface area contributed by atoms with Crippen LogP contribution in [0.2, 0.25) is 0 Å². The molecule has 0 radical (unpaired) electrons. The summed E-state index contributed by atoms with van der Waals surface area (Å²) in [6.07, 6.45) is 4.07. The van der Waals surface area contributed by atoms with Crippen molar-refractivity contribution in [2.24, 2.45) is 0 Å². The van der Waals surface area contributed by atoms with E-state index < -0.39 is 0 Å². The molecule has 2 heterocycles. The normalized spacial score (nSPS) is 28.3. The highest BCUT2D eigenvalue weighted by Crippen LogP contribution is 2.36. The average molecular weight is 263 g/mol. The van der Waals surface area contributed by atoms with Gasteiger partial charge in [0.15, 0.2) is 0 Å². The Morgan fingerprint density at radius 2 is 2.33 bits per heavy atom. The third-order valence-corrected chi connectivity index (χ3v) is 5.22. The maximum absolute atomic E-state index is 5.72. The quantitative estimate of drug-likeness (QED) is 0.902. The molecule has 0 aromatic heterocycles. The lowest BCUT2D eigenvalue weighted by molar-refractivity contribution is 0.0839. The van der Waals surface area contributed by atoms with Crippen molar-refractivity contribution in [3.05, 3.63) is 29.8 Å². The molecule has 0 saturated carbocycles. The van der Waals surface area contributed by atoms with Crippen LogP contribution in [0.5, 0.6) is 0 Å². The van der Waals surface area contributed by atoms with Gasteiger partial charge in [-0.1, -0.05) is 18.2 Å². The molecule has 3 heteroatoms. The molecule has 1 fully saturated rings. The van der Waals surface area contributed by atoms with Gasteiger partial charge < -0.3 is 10.1 Å². The van der Waals surface area contributed by atoms with Gasteiger partial charge in [0.05, 0.1) is 6.10 Å². The molecule has 0 aliphatic carbocycles. The third-order valence-electron chi connectivity index (χ3n) is 3.90. The van der Waals surface area contributed by atoms with Gasteiger partial charge in [-0.25, -0.2) is 0 Å². The standard InChI is InChI=1S/C15H21NOS/c1-11(14-6-4-8-17-14)16-10-13-9-12-5-2-3-7-15(12)18-13/h2-3,5,7,11,13-14,16H,4,6,8-10H2,1H3. The van der Waals surface area contributed by atoms with E-state index in [1.807, 2.05) is 11.8 Å². The first-order chi connectivity index (χ1) is 8.83. The van der Waals surface area contributed by atoms with E-state index in [0.717, 1.165) is 13.2 Å². The Morgan fingerprint density at radius 3 is 3.11 bits per heavy atom. The summed E-state index contributed by atoms with van der Waals surface area (Å²) in [4.78, 5) is 1.47. The topological polar surface area (TPSA) is 21.3 Å². The van der Waals surface area contributed by atoms with Crippen molar-refractivity contribution in [1.82, 2.24) is 5.32 Å². The van der Waals surface area contributed by atoms with E-state index in [0.29, 0.717) is 17.4 Å². The van der Waals surface area contributed by atoms with Crippen LogP contribution in [0.25, 0.3) is 0 Å². The highest BCUT2D eigenvalue weighted by molar-refractivity contribution is 8.00. The lowest BCUT2D eigenvalue weighted by atomic mass is 10.1. The lowest BCUT2D eigenvalue weighted by Gasteiger charge is -2.21. The summed E-state index contributed by atoms with van der Waals surface area (Å²) >= 11 is 2.02. The number of fused-ring (bicyclic) bond motifs is 1. The molecule has 3 rings (SSSR count). The fourth-order valence-electron chi connectivity index (χ4n) is 2.81. The number of hydrogen-bond donors (Lipinski definition) is 1. The Bertz CT molecular complexity index is 378. The van der Waals surface area contributed by atoms with Gasteiger partial charge in [0.1, 0.15) is 0 Å². The summed E-state index contributed by atoms with van der Waals surface area (Å²) in [6.45, 7) is 4.28. The van der Waals surface area contributed by atoms with Crippen molar-refractivity contribution >= 4 is 11.8 Å². The minimum Gasteiger partial charge on any atom is -0.377 e. The molecule has 1 aromatic carbocycles. The van der Waals surface area contributed by atoms with E-state index in [1.54, 1.807) is 0 Å². The van der Waals surface area contributed by atoms with Crippen LogP contribution in [0, 0.1) is 0 Å². The molecule has 0 amide bonds. The molecule has 1 N–H and O–H groups in total. The fraction of sp³-hybridized carbons (Fsp3) is 0.600. The van der Waals surface area contributed by atoms with Crippen LogP contribution in [0.1, 0.15) is 25.3 Å². The molecule has 1 aromatic rings. The van der Waals surface area contributed by atoms with Crippen LogP contribution in [-0.4, -0.2) is 30.5 Å². The molecule has 98 valence electrons. The van der Waals surface area contributed by atoms with Crippen LogP contribution in [-0.2, 0) is 11.2 Å². The molecule has 2 nitrogen and oxygen atoms in total. The van der Waals surface area contributed by atoms with E-state index >= 15 is 0 Å². The first-order valence-corrected chi connectivity index (χ1v) is 7.80. The van der Waals surface area contributed by atoms with E-state index in [1.165, 1.54) is 29.7 Å². The zero-order valence-corrected chi connectivity index (χ0v) is 11.7. The average Bonchev–Trinajstić information content (AvgIpc) is 3.04. The Balaban J connectivity index is 1.48. The zero-order valence-electron chi connectivity index (χ0n) is 10.9. The summed E-state index contributed by atoms with van der Waals surface area (Å²) in [5.74, 6) is 0. The fourth-order valence-corrected chi connectivity index (χ4v) is 4.07. The maximum atomic E-state index is 5.72. The summed E-state index contributed by atoms with van der Waals surface area (Å²) in [7, 11) is 0. The molecular formula is C15H21NOS. The number of nitrogens with one attached hydrogen (secondary N) is 1. The molecule has 18 heavy (non-hydrogen) atoms. The van der Waals surface area contributed by atoms with Crippen LogP contribution >= 0.6 is 11.8 Å². The highest BCUT2D eigenvalue weighted by Gasteiger charge is 2.25. The zero-order chi connectivity index (χ0) is 12.4. The first-order valence-electron chi connectivity index (χ1n) is 6.92. The maximum Gasteiger partial charge on any atom is 0.0726 e. The number of rotatable bonds is 4. The van der Waals surface area contributed by atoms with Crippen molar-refractivity contribution in [2.45, 2.75) is 48.5 Å². The minimum absolute atomic E-state index is 0.429. The van der Waals surface area contributed by atoms with E-state index in [4.69, 9.17) is 4.74 Å². The Kier molecular flexibility index (Phi) is 3.92. The van der Waals surface area contributed by atoms with Crippen LogP contribution in [0.3, 0.4) is 0 Å². The summed E-state index contributed by atoms with van der Waals surface area (Å²) < 4.78 is 5.72. The minimum atomic E-state index is 0.429. The van der Waals surface area contributed by atoms with Crippen molar-refractivity contribution < 1.29 is 4.74 Å². The van der Waals surface area contributed by atoms with Crippen molar-refractivity contribution in [3.8, 4) is 0 Å². The number of hydrogen-bond acceptors (Lipinski definition) is 3. The van der Waals surface area contributed by atoms with Gasteiger partial charge in [-0.3, -0.25) is 0 Å². The van der Waals surface area contributed by atoms with Crippen LogP contribution < -0.4 is 5.32 Å². The lowest BCUT2D eigenvalue weighted by Crippen LogP contribution is -2.40. The second-order valence-corrected chi connectivity index (χ2v) is 6.64. The predicted molar refractivity (Wildman–Crippen MR) is 76.2 cm³/mol. The molecular weight excluding hydrogens is 242 g/mol. The molecule has 2 aliphatic rings. The van der Waals surface area contributed by atoms with E-state index in [2.05, 4.69) is 36.5 Å². The van der Waals surface area contributed by atoms with Crippen molar-refractivity contribution in [1.29, 1.82) is 0 Å². The van der Waals surface area contributed by atoms with Gasteiger partial charge in [-0.15, -0.1) is 11.8 Å². The molecule has 1 saturated heterocycles. The number of benzene rings is 1. The van der Waals surface area contributed by atoms with E-state index in [9.17, 15) is 0 Å². The summed E-state index contributed by atoms with van der Waals surface area (Å²) in [5, 5.41) is 4.34. The second kappa shape index (κ2) is 5.64. The third kappa shape index (κ3) is 2.73. The number of thioether (sulfide) groups is 1. The van der Waals surface area contributed by atoms with Gasteiger partial charge in [-0.05, 0) is 37.8 Å². The Morgan fingerprint density at radius 1 is 1.44 bits per heavy atom. The summed E-state index contributed by atoms with van der Waals surface area (Å²) in [5.41, 5.74) is 1.51. The molecule has 2 aliphatic heterocycles. The van der Waals surface area contributed by atoms with Crippen LogP contribution in [0.15, 0.2) is 29.2 Å². The van der Waals surface area contributed by atoms with E-state index in [-0.39, 0.29) is 0 Å².